The molecule has 2 heterocycles. The Hall–Kier alpha value is -5.95. The molecule has 1 aliphatic rings. The first-order valence-electron chi connectivity index (χ1n) is 21.2. The normalized spacial score (nSPS) is 14.2. The number of hydrogen-bond acceptors (Lipinski definition) is 14. The van der Waals surface area contributed by atoms with E-state index in [0.29, 0.717) is 74.0 Å². The average Bonchev–Trinajstić information content (AvgIpc) is 3.76. The molecule has 1 aromatic heterocycles. The van der Waals surface area contributed by atoms with Crippen molar-refractivity contribution in [2.75, 3.05) is 79.0 Å². The van der Waals surface area contributed by atoms with Gasteiger partial charge in [0, 0.05) is 50.6 Å². The van der Waals surface area contributed by atoms with E-state index < -0.39 is 41.8 Å². The minimum atomic E-state index is -1.19. The number of amides is 6. The van der Waals surface area contributed by atoms with Crippen LogP contribution in [0, 0.1) is 11.3 Å². The second kappa shape index (κ2) is 29.4. The molecule has 1 aromatic carbocycles. The smallest absolute Gasteiger partial charge is 0.326 e. The van der Waals surface area contributed by atoms with Crippen molar-refractivity contribution >= 4 is 52.3 Å². The van der Waals surface area contributed by atoms with Crippen LogP contribution >= 0.6 is 0 Å². The number of aromatic nitrogens is 1. The molecule has 2 aromatic rings. The number of nitrogens with two attached hydrogens (primary N) is 1. The second-order valence-electron chi connectivity index (χ2n) is 14.6. The van der Waals surface area contributed by atoms with Gasteiger partial charge in [0.25, 0.3) is 11.8 Å². The van der Waals surface area contributed by atoms with E-state index in [4.69, 9.17) is 24.7 Å². The third-order valence-electron chi connectivity index (χ3n) is 9.74. The van der Waals surface area contributed by atoms with Gasteiger partial charge in [0.05, 0.1) is 63.3 Å². The Morgan fingerprint density at radius 2 is 1.59 bits per heavy atom. The number of fused-ring (bicyclic) bond motifs is 1. The van der Waals surface area contributed by atoms with Crippen LogP contribution in [0.2, 0.25) is 0 Å². The average molecular weight is 884 g/mol. The van der Waals surface area contributed by atoms with Crippen LogP contribution in [-0.4, -0.2) is 154 Å². The molecular formula is C42H61N9O12. The largest absolute Gasteiger partial charge is 0.484 e. The van der Waals surface area contributed by atoms with Gasteiger partial charge in [-0.25, -0.2) is 4.79 Å². The topological polar surface area (TPSA) is 303 Å². The van der Waals surface area contributed by atoms with Crippen LogP contribution in [0.5, 0.6) is 5.75 Å². The van der Waals surface area contributed by atoms with Gasteiger partial charge < -0.3 is 61.3 Å². The predicted octanol–water partition coefficient (Wildman–Crippen LogP) is -0.0963. The standard InChI is InChI=1S/C42H61N9O12/c1-29(52)45-15-5-3-9-35(42(58)59)50-41(57)34(8-2-4-14-43)49-37(53)13-19-60-21-23-62-24-22-61-20-17-47-38(54)28-63-31-10-11-32-33(12-16-46-36(32)25-31)40(56)48-27-39(55)51-18-6-7-30(51)26-44/h10-12,16,25,30,34-35H,2-9,13-15,17-24,27-28,43H2,1H3,(H,45,52)(H,47,54)(H,48,56)(H,49,53)(H,50,57)(H,58,59)/t30-,34+,35+/m1/s1. The molecule has 3 atom stereocenters. The van der Waals surface area contributed by atoms with E-state index in [1.54, 1.807) is 24.3 Å². The van der Waals surface area contributed by atoms with E-state index >= 15 is 0 Å². The first-order chi connectivity index (χ1) is 30.4. The Morgan fingerprint density at radius 3 is 2.30 bits per heavy atom. The maximum absolute atomic E-state index is 13.0. The lowest BCUT2D eigenvalue weighted by Crippen LogP contribution is -2.51. The van der Waals surface area contributed by atoms with Gasteiger partial charge in [0.2, 0.25) is 23.6 Å². The fourth-order valence-electron chi connectivity index (χ4n) is 6.43. The minimum absolute atomic E-state index is 0.0243. The van der Waals surface area contributed by atoms with Crippen molar-refractivity contribution in [2.24, 2.45) is 5.73 Å². The number of nitrogens with one attached hydrogen (secondary N) is 5. The summed E-state index contributed by atoms with van der Waals surface area (Å²) < 4.78 is 22.0. The summed E-state index contributed by atoms with van der Waals surface area (Å²) in [5.41, 5.74) is 6.36. The van der Waals surface area contributed by atoms with E-state index in [9.17, 15) is 43.9 Å². The van der Waals surface area contributed by atoms with Gasteiger partial charge in [-0.2, -0.15) is 5.26 Å². The number of ether oxygens (including phenoxy) is 4. The number of carboxylic acid groups (broad SMARTS) is 1. The summed E-state index contributed by atoms with van der Waals surface area (Å²) in [6.45, 7) is 3.74. The summed E-state index contributed by atoms with van der Waals surface area (Å²) in [5, 5.41) is 32.5. The highest BCUT2D eigenvalue weighted by atomic mass is 16.5. The van der Waals surface area contributed by atoms with Crippen LogP contribution < -0.4 is 37.1 Å². The number of pyridine rings is 1. The number of nitriles is 1. The van der Waals surface area contributed by atoms with Crippen LogP contribution in [-0.2, 0) is 43.0 Å². The molecule has 6 amide bonds. The Morgan fingerprint density at radius 1 is 0.873 bits per heavy atom. The van der Waals surface area contributed by atoms with Crippen LogP contribution in [0.15, 0.2) is 30.5 Å². The van der Waals surface area contributed by atoms with Crippen LogP contribution in [0.1, 0.15) is 75.1 Å². The molecule has 8 N–H and O–H groups in total. The summed E-state index contributed by atoms with van der Waals surface area (Å²) in [6, 6.07) is 5.98. The minimum Gasteiger partial charge on any atom is -0.484 e. The summed E-state index contributed by atoms with van der Waals surface area (Å²) >= 11 is 0. The van der Waals surface area contributed by atoms with Crippen molar-refractivity contribution in [1.82, 2.24) is 36.5 Å². The molecular weight excluding hydrogens is 823 g/mol. The zero-order valence-electron chi connectivity index (χ0n) is 35.8. The number of hydrogen-bond donors (Lipinski definition) is 7. The van der Waals surface area contributed by atoms with E-state index in [1.807, 2.05) is 0 Å². The lowest BCUT2D eigenvalue weighted by molar-refractivity contribution is -0.142. The van der Waals surface area contributed by atoms with Crippen molar-refractivity contribution in [3.05, 3.63) is 36.0 Å². The maximum atomic E-state index is 13.0. The van der Waals surface area contributed by atoms with Gasteiger partial charge in [0.1, 0.15) is 23.9 Å². The first kappa shape index (κ1) is 51.4. The summed E-state index contributed by atoms with van der Waals surface area (Å²) in [5.74, 6) is -3.16. The lowest BCUT2D eigenvalue weighted by atomic mass is 10.1. The molecule has 0 aliphatic carbocycles. The van der Waals surface area contributed by atoms with E-state index in [2.05, 4.69) is 37.6 Å². The molecule has 3 rings (SSSR count). The number of unbranched alkanes of at least 4 members (excludes halogenated alkanes) is 2. The molecule has 346 valence electrons. The predicted molar refractivity (Wildman–Crippen MR) is 227 cm³/mol. The Labute approximate surface area is 366 Å². The highest BCUT2D eigenvalue weighted by Crippen LogP contribution is 2.23. The number of carbonyl (C=O) groups excluding carboxylic acids is 6. The molecule has 0 bridgehead atoms. The number of rotatable bonds is 31. The summed E-state index contributed by atoms with van der Waals surface area (Å²) in [7, 11) is 0. The van der Waals surface area contributed by atoms with E-state index in [1.165, 1.54) is 18.0 Å². The Bertz CT molecular complexity index is 1860. The number of likely N-dealkylation sites (tertiary alicyclic amines) is 1. The third-order valence-corrected chi connectivity index (χ3v) is 9.74. The van der Waals surface area contributed by atoms with Crippen molar-refractivity contribution in [2.45, 2.75) is 82.8 Å². The van der Waals surface area contributed by atoms with E-state index in [-0.39, 0.29) is 96.3 Å². The monoisotopic (exact) mass is 883 g/mol. The molecule has 63 heavy (non-hydrogen) atoms. The molecule has 21 nitrogen and oxygen atoms in total. The van der Waals surface area contributed by atoms with Crippen LogP contribution in [0.25, 0.3) is 10.9 Å². The molecule has 1 fully saturated rings. The Balaban J connectivity index is 1.23. The Kier molecular flexibility index (Phi) is 24.0. The van der Waals surface area contributed by atoms with Crippen LogP contribution in [0.4, 0.5) is 0 Å². The summed E-state index contributed by atoms with van der Waals surface area (Å²) in [6.07, 6.45) is 5.48. The zero-order valence-corrected chi connectivity index (χ0v) is 35.8. The highest BCUT2D eigenvalue weighted by molar-refractivity contribution is 6.07. The zero-order chi connectivity index (χ0) is 45.8. The van der Waals surface area contributed by atoms with Gasteiger partial charge in [-0.3, -0.25) is 33.8 Å². The number of benzene rings is 1. The van der Waals surface area contributed by atoms with Crippen molar-refractivity contribution < 1.29 is 57.6 Å². The van der Waals surface area contributed by atoms with Gasteiger partial charge in [-0.05, 0) is 76.1 Å². The summed E-state index contributed by atoms with van der Waals surface area (Å²) in [4.78, 5) is 91.9. The number of aliphatic carboxylic acids is 1. The first-order valence-corrected chi connectivity index (χ1v) is 21.2. The maximum Gasteiger partial charge on any atom is 0.326 e. The lowest BCUT2D eigenvalue weighted by Gasteiger charge is -2.21. The molecule has 0 radical (unpaired) electrons. The van der Waals surface area contributed by atoms with Gasteiger partial charge in [-0.1, -0.05) is 0 Å². The molecule has 1 aliphatic heterocycles. The molecule has 0 spiro atoms. The fourth-order valence-corrected chi connectivity index (χ4v) is 6.43. The number of carbonyl (C=O) groups is 7. The van der Waals surface area contributed by atoms with Crippen molar-refractivity contribution in [1.29, 1.82) is 5.26 Å². The molecule has 21 heteroatoms. The van der Waals surface area contributed by atoms with Gasteiger partial charge >= 0.3 is 5.97 Å². The van der Waals surface area contributed by atoms with Gasteiger partial charge in [0.15, 0.2) is 6.61 Å². The number of nitrogens with zero attached hydrogens (tertiary/aromatic N) is 3. The molecule has 0 saturated carbocycles. The van der Waals surface area contributed by atoms with Gasteiger partial charge in [-0.15, -0.1) is 0 Å². The third kappa shape index (κ3) is 19.8. The van der Waals surface area contributed by atoms with Crippen LogP contribution in [0.3, 0.4) is 0 Å². The van der Waals surface area contributed by atoms with Crippen molar-refractivity contribution in [3.63, 3.8) is 0 Å². The fraction of sp³-hybridized carbons (Fsp3) is 0.595. The SMILES string of the molecule is CC(=O)NCCCC[C@H](NC(=O)[C@H](CCCCN)NC(=O)CCOCCOCCOCCNC(=O)COc1ccc2c(C(=O)NCC(=O)N3CCC[C@@H]3C#N)ccnc2c1)C(=O)O. The molecule has 1 saturated heterocycles. The van der Waals surface area contributed by atoms with Crippen molar-refractivity contribution in [3.8, 4) is 11.8 Å². The molecule has 0 unspecified atom stereocenters. The highest BCUT2D eigenvalue weighted by Gasteiger charge is 2.29. The van der Waals surface area contributed by atoms with E-state index in [0.717, 1.165) is 6.42 Å². The number of carboxylic acids is 1. The quantitative estimate of drug-likeness (QED) is 0.0487. The second-order valence-corrected chi connectivity index (χ2v) is 14.6.